The van der Waals surface area contributed by atoms with Gasteiger partial charge in [-0.3, -0.25) is 4.68 Å². The quantitative estimate of drug-likeness (QED) is 0.588. The average Bonchev–Trinajstić information content (AvgIpc) is 2.34. The number of hydroxylamine groups is 1. The van der Waals surface area contributed by atoms with Crippen LogP contribution in [0.5, 0.6) is 0 Å². The Morgan fingerprint density at radius 1 is 1.80 bits per heavy atom. The Hall–Kier alpha value is -0.870. The molecule has 1 aromatic heterocycles. The monoisotopic (exact) mass is 141 g/mol. The molecule has 0 aliphatic carbocycles. The van der Waals surface area contributed by atoms with Crippen molar-refractivity contribution in [2.45, 2.75) is 13.0 Å². The highest BCUT2D eigenvalue weighted by Gasteiger charge is 2.03. The number of nitrogens with zero attached hydrogens (tertiary/aromatic N) is 2. The lowest BCUT2D eigenvalue weighted by Gasteiger charge is -2.03. The van der Waals surface area contributed by atoms with Crippen LogP contribution in [0.15, 0.2) is 12.4 Å². The van der Waals surface area contributed by atoms with E-state index in [1.165, 1.54) is 0 Å². The lowest BCUT2D eigenvalue weighted by molar-refractivity contribution is 0.133. The summed E-state index contributed by atoms with van der Waals surface area (Å²) in [6.07, 6.45) is 3.57. The smallest absolute Gasteiger partial charge is 0.0571 e. The predicted molar refractivity (Wildman–Crippen MR) is 36.5 cm³/mol. The van der Waals surface area contributed by atoms with Gasteiger partial charge in [-0.25, -0.2) is 0 Å². The van der Waals surface area contributed by atoms with E-state index < -0.39 is 0 Å². The van der Waals surface area contributed by atoms with Gasteiger partial charge in [-0.2, -0.15) is 10.6 Å². The second-order valence-corrected chi connectivity index (χ2v) is 2.30. The Labute approximate surface area is 59.4 Å². The van der Waals surface area contributed by atoms with Crippen molar-refractivity contribution in [3.63, 3.8) is 0 Å². The van der Waals surface area contributed by atoms with Gasteiger partial charge in [0.15, 0.2) is 0 Å². The van der Waals surface area contributed by atoms with Crippen molar-refractivity contribution < 1.29 is 5.21 Å². The molecule has 1 atom stereocenters. The highest BCUT2D eigenvalue weighted by atomic mass is 16.5. The fourth-order valence-electron chi connectivity index (χ4n) is 0.738. The van der Waals surface area contributed by atoms with E-state index in [2.05, 4.69) is 10.6 Å². The molecule has 4 nitrogen and oxygen atoms in total. The van der Waals surface area contributed by atoms with Gasteiger partial charge in [0.2, 0.25) is 0 Å². The molecule has 0 amide bonds. The minimum absolute atomic E-state index is 0.0475. The van der Waals surface area contributed by atoms with E-state index in [-0.39, 0.29) is 6.04 Å². The maximum Gasteiger partial charge on any atom is 0.0571 e. The number of hydrogen-bond acceptors (Lipinski definition) is 3. The van der Waals surface area contributed by atoms with Gasteiger partial charge in [0.1, 0.15) is 0 Å². The number of nitrogens with one attached hydrogen (secondary N) is 1. The molecule has 0 bridgehead atoms. The zero-order valence-corrected chi connectivity index (χ0v) is 6.07. The predicted octanol–water partition coefficient (Wildman–Crippen LogP) is 0.460. The van der Waals surface area contributed by atoms with Crippen LogP contribution in [0.2, 0.25) is 0 Å². The SMILES string of the molecule is CC(NO)c1cnn(C)c1. The molecule has 1 aromatic rings. The van der Waals surface area contributed by atoms with Gasteiger partial charge >= 0.3 is 0 Å². The summed E-state index contributed by atoms with van der Waals surface area (Å²) in [5.74, 6) is 0. The first-order chi connectivity index (χ1) is 4.74. The zero-order chi connectivity index (χ0) is 7.56. The summed E-state index contributed by atoms with van der Waals surface area (Å²) in [5, 5.41) is 12.5. The maximum atomic E-state index is 8.51. The standard InChI is InChI=1S/C6H11N3O/c1-5(8-10)6-3-7-9(2)4-6/h3-5,8,10H,1-2H3. The van der Waals surface area contributed by atoms with Crippen molar-refractivity contribution in [3.05, 3.63) is 18.0 Å². The second kappa shape index (κ2) is 2.81. The van der Waals surface area contributed by atoms with E-state index in [1.807, 2.05) is 20.2 Å². The van der Waals surface area contributed by atoms with Crippen LogP contribution in [0, 0.1) is 0 Å². The van der Waals surface area contributed by atoms with Crippen LogP contribution < -0.4 is 5.48 Å². The van der Waals surface area contributed by atoms with Crippen molar-refractivity contribution >= 4 is 0 Å². The molecule has 0 aromatic carbocycles. The molecule has 0 radical (unpaired) electrons. The van der Waals surface area contributed by atoms with E-state index >= 15 is 0 Å². The summed E-state index contributed by atoms with van der Waals surface area (Å²) < 4.78 is 1.70. The third kappa shape index (κ3) is 1.34. The zero-order valence-electron chi connectivity index (χ0n) is 6.07. The third-order valence-electron chi connectivity index (χ3n) is 1.42. The summed E-state index contributed by atoms with van der Waals surface area (Å²) >= 11 is 0. The maximum absolute atomic E-state index is 8.51. The molecule has 1 heterocycles. The Morgan fingerprint density at radius 3 is 2.90 bits per heavy atom. The lowest BCUT2D eigenvalue weighted by atomic mass is 10.2. The number of hydrogen-bond donors (Lipinski definition) is 2. The van der Waals surface area contributed by atoms with Crippen LogP contribution in [0.1, 0.15) is 18.5 Å². The highest BCUT2D eigenvalue weighted by Crippen LogP contribution is 2.08. The van der Waals surface area contributed by atoms with Crippen LogP contribution in [0.4, 0.5) is 0 Å². The van der Waals surface area contributed by atoms with Crippen LogP contribution in [-0.2, 0) is 7.05 Å². The van der Waals surface area contributed by atoms with E-state index in [9.17, 15) is 0 Å². The average molecular weight is 141 g/mol. The van der Waals surface area contributed by atoms with E-state index in [0.29, 0.717) is 0 Å². The fourth-order valence-corrected chi connectivity index (χ4v) is 0.738. The molecule has 0 spiro atoms. The number of aromatic nitrogens is 2. The van der Waals surface area contributed by atoms with E-state index in [4.69, 9.17) is 5.21 Å². The number of rotatable bonds is 2. The van der Waals surface area contributed by atoms with Crippen molar-refractivity contribution in [1.82, 2.24) is 15.3 Å². The minimum atomic E-state index is -0.0475. The number of aryl methyl sites for hydroxylation is 1. The van der Waals surface area contributed by atoms with Crippen LogP contribution in [0.3, 0.4) is 0 Å². The molecular weight excluding hydrogens is 130 g/mol. The molecule has 1 unspecified atom stereocenters. The summed E-state index contributed by atoms with van der Waals surface area (Å²) in [6.45, 7) is 1.86. The molecular formula is C6H11N3O. The normalized spacial score (nSPS) is 13.5. The van der Waals surface area contributed by atoms with Gasteiger partial charge in [-0.15, -0.1) is 0 Å². The third-order valence-corrected chi connectivity index (χ3v) is 1.42. The van der Waals surface area contributed by atoms with Crippen molar-refractivity contribution in [2.75, 3.05) is 0 Å². The summed E-state index contributed by atoms with van der Waals surface area (Å²) in [7, 11) is 1.84. The molecule has 2 N–H and O–H groups in total. The molecule has 56 valence electrons. The molecule has 0 aliphatic rings. The Balaban J connectivity index is 2.74. The van der Waals surface area contributed by atoms with Crippen LogP contribution >= 0.6 is 0 Å². The first-order valence-electron chi connectivity index (χ1n) is 3.12. The summed E-state index contributed by atoms with van der Waals surface area (Å²) in [5.41, 5.74) is 3.12. The van der Waals surface area contributed by atoms with Gasteiger partial charge < -0.3 is 5.21 Å². The van der Waals surface area contributed by atoms with Crippen molar-refractivity contribution in [1.29, 1.82) is 0 Å². The highest BCUT2D eigenvalue weighted by molar-refractivity contribution is 5.07. The molecule has 0 fully saturated rings. The Morgan fingerprint density at radius 2 is 2.50 bits per heavy atom. The molecule has 0 saturated heterocycles. The van der Waals surface area contributed by atoms with Gasteiger partial charge in [0, 0.05) is 18.8 Å². The lowest BCUT2D eigenvalue weighted by Crippen LogP contribution is -2.12. The van der Waals surface area contributed by atoms with Crippen LogP contribution in [0.25, 0.3) is 0 Å². The molecule has 0 saturated carbocycles. The second-order valence-electron chi connectivity index (χ2n) is 2.30. The largest absolute Gasteiger partial charge is 0.316 e. The van der Waals surface area contributed by atoms with Gasteiger partial charge in [0.25, 0.3) is 0 Å². The van der Waals surface area contributed by atoms with Gasteiger partial charge in [-0.05, 0) is 6.92 Å². The van der Waals surface area contributed by atoms with Crippen molar-refractivity contribution in [2.24, 2.45) is 7.05 Å². The Bertz CT molecular complexity index is 209. The van der Waals surface area contributed by atoms with Gasteiger partial charge in [-0.1, -0.05) is 0 Å². The van der Waals surface area contributed by atoms with Gasteiger partial charge in [0.05, 0.1) is 12.2 Å². The first-order valence-corrected chi connectivity index (χ1v) is 3.12. The molecule has 1 rings (SSSR count). The molecule has 4 heteroatoms. The topological polar surface area (TPSA) is 50.1 Å². The van der Waals surface area contributed by atoms with Crippen molar-refractivity contribution in [3.8, 4) is 0 Å². The first kappa shape index (κ1) is 7.24. The van der Waals surface area contributed by atoms with Crippen LogP contribution in [-0.4, -0.2) is 15.0 Å². The summed E-state index contributed by atoms with van der Waals surface area (Å²) in [6, 6.07) is -0.0475. The summed E-state index contributed by atoms with van der Waals surface area (Å²) in [4.78, 5) is 0. The molecule has 0 aliphatic heterocycles. The Kier molecular flexibility index (Phi) is 2.03. The van der Waals surface area contributed by atoms with E-state index in [0.717, 1.165) is 5.56 Å². The minimum Gasteiger partial charge on any atom is -0.316 e. The van der Waals surface area contributed by atoms with E-state index in [1.54, 1.807) is 10.9 Å². The fraction of sp³-hybridized carbons (Fsp3) is 0.500. The molecule has 10 heavy (non-hydrogen) atoms.